The molecule has 0 spiro atoms. The lowest BCUT2D eigenvalue weighted by Gasteiger charge is -2.06. The van der Waals surface area contributed by atoms with Crippen molar-refractivity contribution < 1.29 is 13.2 Å². The molecule has 0 aliphatic carbocycles. The number of halogens is 2. The minimum absolute atomic E-state index is 0.0531. The third-order valence-corrected chi connectivity index (χ3v) is 3.77. The Bertz CT molecular complexity index is 1140. The van der Waals surface area contributed by atoms with E-state index in [0.717, 1.165) is 0 Å². The van der Waals surface area contributed by atoms with E-state index < -0.39 is 12.3 Å². The van der Waals surface area contributed by atoms with Crippen LogP contribution in [-0.4, -0.2) is 34.7 Å². The van der Waals surface area contributed by atoms with Gasteiger partial charge in [-0.25, -0.2) is 15.0 Å². The number of aromatic nitrogens is 7. The molecular weight excluding hydrogens is 372 g/mol. The molecule has 11 heteroatoms. The van der Waals surface area contributed by atoms with Crippen LogP contribution in [0.1, 0.15) is 18.0 Å². The Balaban J connectivity index is 1.52. The van der Waals surface area contributed by atoms with Crippen molar-refractivity contribution in [3.63, 3.8) is 0 Å². The second-order valence-electron chi connectivity index (χ2n) is 5.65. The molecule has 28 heavy (non-hydrogen) atoms. The Morgan fingerprint density at radius 1 is 1.04 bits per heavy atom. The van der Waals surface area contributed by atoms with Gasteiger partial charge >= 0.3 is 6.43 Å². The van der Waals surface area contributed by atoms with E-state index in [0.29, 0.717) is 22.5 Å². The van der Waals surface area contributed by atoms with E-state index in [1.165, 1.54) is 29.5 Å². The molecule has 0 saturated carbocycles. The smallest absolute Gasteiger partial charge is 0.314 e. The molecule has 140 valence electrons. The molecule has 0 aromatic carbocycles. The summed E-state index contributed by atoms with van der Waals surface area (Å²) in [4.78, 5) is 28.6. The molecule has 0 aliphatic heterocycles. The fraction of sp³-hybridized carbons (Fsp3) is 0.118. The molecule has 4 rings (SSSR count). The van der Waals surface area contributed by atoms with Gasteiger partial charge in [0.05, 0.1) is 29.8 Å². The lowest BCUT2D eigenvalue weighted by molar-refractivity contribution is 0.116. The molecule has 0 fully saturated rings. The van der Waals surface area contributed by atoms with Crippen LogP contribution in [0.15, 0.2) is 58.7 Å². The van der Waals surface area contributed by atoms with Gasteiger partial charge in [-0.05, 0) is 12.1 Å². The van der Waals surface area contributed by atoms with E-state index in [2.05, 4.69) is 30.1 Å². The van der Waals surface area contributed by atoms with Crippen molar-refractivity contribution in [2.24, 2.45) is 0 Å². The van der Waals surface area contributed by atoms with Crippen LogP contribution in [0, 0.1) is 0 Å². The third-order valence-electron chi connectivity index (χ3n) is 3.77. The maximum atomic E-state index is 12.5. The molecule has 0 radical (unpaired) electrons. The van der Waals surface area contributed by atoms with E-state index in [9.17, 15) is 13.6 Å². The molecule has 0 amide bonds. The summed E-state index contributed by atoms with van der Waals surface area (Å²) in [5.74, 6) is -0.803. The summed E-state index contributed by atoms with van der Waals surface area (Å²) in [7, 11) is 0. The monoisotopic (exact) mass is 383 g/mol. The summed E-state index contributed by atoms with van der Waals surface area (Å²) < 4.78 is 31.3. The van der Waals surface area contributed by atoms with Crippen LogP contribution in [0.4, 0.5) is 8.78 Å². The maximum absolute atomic E-state index is 12.5. The minimum Gasteiger partial charge on any atom is -0.415 e. The van der Waals surface area contributed by atoms with Crippen LogP contribution >= 0.6 is 0 Å². The topological polar surface area (TPSA) is 112 Å². The summed E-state index contributed by atoms with van der Waals surface area (Å²) in [6, 6.07) is 4.61. The fourth-order valence-electron chi connectivity index (χ4n) is 2.39. The SMILES string of the molecule is O=c1cc(-c2cncnc2)ncn1Cc1ccc(-c2nnc(C(F)F)o2)cn1. The zero-order chi connectivity index (χ0) is 19.5. The lowest BCUT2D eigenvalue weighted by atomic mass is 10.2. The number of pyridine rings is 1. The highest BCUT2D eigenvalue weighted by Gasteiger charge is 2.17. The van der Waals surface area contributed by atoms with Crippen molar-refractivity contribution in [2.75, 3.05) is 0 Å². The molecular formula is C17H11F2N7O2. The number of rotatable bonds is 5. The second-order valence-corrected chi connectivity index (χ2v) is 5.65. The van der Waals surface area contributed by atoms with E-state index in [1.54, 1.807) is 24.5 Å². The first-order valence-corrected chi connectivity index (χ1v) is 7.99. The zero-order valence-corrected chi connectivity index (χ0v) is 14.1. The van der Waals surface area contributed by atoms with Crippen molar-refractivity contribution in [2.45, 2.75) is 13.0 Å². The van der Waals surface area contributed by atoms with Crippen LogP contribution in [0.5, 0.6) is 0 Å². The Labute approximate surface area is 155 Å². The molecule has 0 aliphatic rings. The largest absolute Gasteiger partial charge is 0.415 e. The van der Waals surface area contributed by atoms with Gasteiger partial charge in [0.15, 0.2) is 0 Å². The van der Waals surface area contributed by atoms with Gasteiger partial charge in [0.1, 0.15) is 6.33 Å². The number of nitrogens with zero attached hydrogens (tertiary/aromatic N) is 7. The number of hydrogen-bond acceptors (Lipinski definition) is 8. The molecule has 9 nitrogen and oxygen atoms in total. The van der Waals surface area contributed by atoms with E-state index >= 15 is 0 Å². The third kappa shape index (κ3) is 3.63. The molecule has 4 heterocycles. The molecule has 4 aromatic rings. The summed E-state index contributed by atoms with van der Waals surface area (Å²) in [5, 5.41) is 6.83. The molecule has 4 aromatic heterocycles. The predicted molar refractivity (Wildman–Crippen MR) is 91.1 cm³/mol. The minimum atomic E-state index is -2.83. The van der Waals surface area contributed by atoms with Crippen molar-refractivity contribution in [1.82, 2.24) is 34.7 Å². The number of hydrogen-bond donors (Lipinski definition) is 0. The molecule has 0 saturated heterocycles. The van der Waals surface area contributed by atoms with Crippen LogP contribution in [0.3, 0.4) is 0 Å². The second kappa shape index (κ2) is 7.39. The average Bonchev–Trinajstić information content (AvgIpc) is 3.21. The Morgan fingerprint density at radius 3 is 2.50 bits per heavy atom. The van der Waals surface area contributed by atoms with Crippen molar-refractivity contribution in [1.29, 1.82) is 0 Å². The molecule has 0 unspecified atom stereocenters. The van der Waals surface area contributed by atoms with Crippen molar-refractivity contribution in [3.8, 4) is 22.7 Å². The van der Waals surface area contributed by atoms with Gasteiger partial charge in [0, 0.05) is 30.2 Å². The zero-order valence-electron chi connectivity index (χ0n) is 14.1. The van der Waals surface area contributed by atoms with Crippen molar-refractivity contribution in [3.05, 3.63) is 71.4 Å². The molecule has 0 bridgehead atoms. The van der Waals surface area contributed by atoms with Crippen LogP contribution in [0.25, 0.3) is 22.7 Å². The Morgan fingerprint density at radius 2 is 1.86 bits per heavy atom. The first-order chi connectivity index (χ1) is 13.6. The van der Waals surface area contributed by atoms with E-state index in [1.807, 2.05) is 0 Å². The quantitative estimate of drug-likeness (QED) is 0.515. The normalized spacial score (nSPS) is 11.1. The molecule has 0 atom stereocenters. The highest BCUT2D eigenvalue weighted by atomic mass is 19.3. The molecule has 0 N–H and O–H groups in total. The summed E-state index contributed by atoms with van der Waals surface area (Å²) in [6.07, 6.45) is 4.51. The van der Waals surface area contributed by atoms with E-state index in [-0.39, 0.29) is 18.0 Å². The summed E-state index contributed by atoms with van der Waals surface area (Å²) in [5.41, 5.74) is 1.80. The fourth-order valence-corrected chi connectivity index (χ4v) is 2.39. The Kier molecular flexibility index (Phi) is 4.62. The van der Waals surface area contributed by atoms with Gasteiger partial charge in [-0.1, -0.05) is 0 Å². The average molecular weight is 383 g/mol. The Hall–Kier alpha value is -3.89. The van der Waals surface area contributed by atoms with Crippen LogP contribution < -0.4 is 5.56 Å². The summed E-state index contributed by atoms with van der Waals surface area (Å²) in [6.45, 7) is 0.184. The number of alkyl halides is 2. The highest BCUT2D eigenvalue weighted by Crippen LogP contribution is 2.22. The van der Waals surface area contributed by atoms with E-state index in [4.69, 9.17) is 4.42 Å². The van der Waals surface area contributed by atoms with Gasteiger partial charge in [0.25, 0.3) is 11.4 Å². The summed E-state index contributed by atoms with van der Waals surface area (Å²) >= 11 is 0. The maximum Gasteiger partial charge on any atom is 0.314 e. The first kappa shape index (κ1) is 17.5. The van der Waals surface area contributed by atoms with Crippen LogP contribution in [0.2, 0.25) is 0 Å². The van der Waals surface area contributed by atoms with Gasteiger partial charge in [-0.15, -0.1) is 10.2 Å². The first-order valence-electron chi connectivity index (χ1n) is 7.99. The van der Waals surface area contributed by atoms with Crippen LogP contribution in [-0.2, 0) is 6.54 Å². The van der Waals surface area contributed by atoms with Gasteiger partial charge < -0.3 is 4.42 Å². The predicted octanol–water partition coefficient (Wildman–Crippen LogP) is 2.13. The van der Waals surface area contributed by atoms with Gasteiger partial charge in [0.2, 0.25) is 5.89 Å². The van der Waals surface area contributed by atoms with Gasteiger partial charge in [-0.2, -0.15) is 8.78 Å². The standard InChI is InChI=1S/C17H11F2N7O2/c18-15(19)17-25-24-16(28-17)10-1-2-12(22-6-10)7-26-9-23-13(3-14(26)27)11-4-20-8-21-5-11/h1-6,8-9,15H,7H2. The highest BCUT2D eigenvalue weighted by molar-refractivity contribution is 5.55. The lowest BCUT2D eigenvalue weighted by Crippen LogP contribution is -2.20. The van der Waals surface area contributed by atoms with Crippen molar-refractivity contribution >= 4 is 0 Å². The van der Waals surface area contributed by atoms with Gasteiger partial charge in [-0.3, -0.25) is 14.3 Å².